The number of hydrogen-bond acceptors (Lipinski definition) is 3. The fourth-order valence-electron chi connectivity index (χ4n) is 2.52. The summed E-state index contributed by atoms with van der Waals surface area (Å²) in [7, 11) is 1.74. The quantitative estimate of drug-likeness (QED) is 0.599. The van der Waals surface area contributed by atoms with Crippen LogP contribution in [0.5, 0.6) is 0 Å². The highest BCUT2D eigenvalue weighted by molar-refractivity contribution is 8.00. The normalized spacial score (nSPS) is 19.9. The molecule has 0 bridgehead atoms. The van der Waals surface area contributed by atoms with Crippen molar-refractivity contribution < 1.29 is 4.74 Å². The van der Waals surface area contributed by atoms with Crippen molar-refractivity contribution in [1.82, 2.24) is 10.6 Å². The summed E-state index contributed by atoms with van der Waals surface area (Å²) in [6.07, 6.45) is 2.64. The molecule has 0 radical (unpaired) electrons. The SMILES string of the molecule is CCNC(=NCC(OC)c1ccccc1)NCC1CCCS1. The molecule has 0 amide bonds. The van der Waals surface area contributed by atoms with E-state index in [0.29, 0.717) is 6.54 Å². The number of benzene rings is 1. The first kappa shape index (κ1) is 17.2. The second-order valence-corrected chi connectivity index (χ2v) is 6.78. The van der Waals surface area contributed by atoms with Crippen LogP contribution in [0.15, 0.2) is 35.3 Å². The first-order chi connectivity index (χ1) is 10.8. The minimum Gasteiger partial charge on any atom is -0.375 e. The number of nitrogens with one attached hydrogen (secondary N) is 2. The van der Waals surface area contributed by atoms with Crippen LogP contribution in [0.1, 0.15) is 31.4 Å². The number of hydrogen-bond donors (Lipinski definition) is 2. The Morgan fingerprint density at radius 1 is 1.36 bits per heavy atom. The maximum absolute atomic E-state index is 5.58. The van der Waals surface area contributed by atoms with Crippen molar-refractivity contribution in [3.8, 4) is 0 Å². The molecule has 0 spiro atoms. The minimum atomic E-state index is -0.00230. The van der Waals surface area contributed by atoms with E-state index in [-0.39, 0.29) is 6.10 Å². The molecule has 1 fully saturated rings. The van der Waals surface area contributed by atoms with Gasteiger partial charge in [-0.05, 0) is 31.1 Å². The van der Waals surface area contributed by atoms with E-state index in [4.69, 9.17) is 4.74 Å². The maximum atomic E-state index is 5.58. The summed E-state index contributed by atoms with van der Waals surface area (Å²) >= 11 is 2.06. The van der Waals surface area contributed by atoms with Crippen LogP contribution in [0.4, 0.5) is 0 Å². The highest BCUT2D eigenvalue weighted by atomic mass is 32.2. The van der Waals surface area contributed by atoms with Crippen LogP contribution >= 0.6 is 11.8 Å². The Kier molecular flexibility index (Phi) is 7.60. The first-order valence-corrected chi connectivity index (χ1v) is 9.10. The average Bonchev–Trinajstić information content (AvgIpc) is 3.07. The van der Waals surface area contributed by atoms with Crippen molar-refractivity contribution in [2.45, 2.75) is 31.1 Å². The molecule has 1 saturated heterocycles. The molecule has 1 aliphatic heterocycles. The number of nitrogens with zero attached hydrogens (tertiary/aromatic N) is 1. The Morgan fingerprint density at radius 2 is 2.18 bits per heavy atom. The second kappa shape index (κ2) is 9.74. The summed E-state index contributed by atoms with van der Waals surface area (Å²) in [5.74, 6) is 2.17. The molecule has 22 heavy (non-hydrogen) atoms. The van der Waals surface area contributed by atoms with E-state index in [1.165, 1.54) is 18.6 Å². The molecule has 1 heterocycles. The van der Waals surface area contributed by atoms with Gasteiger partial charge in [0.05, 0.1) is 6.54 Å². The van der Waals surface area contributed by atoms with Gasteiger partial charge in [0, 0.05) is 25.4 Å². The second-order valence-electron chi connectivity index (χ2n) is 5.37. The van der Waals surface area contributed by atoms with Crippen molar-refractivity contribution in [1.29, 1.82) is 0 Å². The lowest BCUT2D eigenvalue weighted by atomic mass is 10.1. The van der Waals surface area contributed by atoms with Gasteiger partial charge < -0.3 is 15.4 Å². The molecule has 1 aliphatic rings. The van der Waals surface area contributed by atoms with Gasteiger partial charge in [-0.2, -0.15) is 11.8 Å². The van der Waals surface area contributed by atoms with E-state index >= 15 is 0 Å². The largest absolute Gasteiger partial charge is 0.375 e. The molecule has 2 N–H and O–H groups in total. The Morgan fingerprint density at radius 3 is 2.82 bits per heavy atom. The molecule has 1 aromatic carbocycles. The number of guanidine groups is 1. The maximum Gasteiger partial charge on any atom is 0.191 e. The van der Waals surface area contributed by atoms with Crippen LogP contribution < -0.4 is 10.6 Å². The van der Waals surface area contributed by atoms with Crippen molar-refractivity contribution in [2.75, 3.05) is 32.5 Å². The third-order valence-electron chi connectivity index (χ3n) is 3.74. The zero-order valence-corrected chi connectivity index (χ0v) is 14.4. The first-order valence-electron chi connectivity index (χ1n) is 8.05. The zero-order chi connectivity index (χ0) is 15.6. The molecule has 4 nitrogen and oxygen atoms in total. The van der Waals surface area contributed by atoms with Gasteiger partial charge in [-0.25, -0.2) is 0 Å². The van der Waals surface area contributed by atoms with Crippen molar-refractivity contribution >= 4 is 17.7 Å². The molecule has 2 rings (SSSR count). The Balaban J connectivity index is 1.89. The zero-order valence-electron chi connectivity index (χ0n) is 13.5. The molecule has 1 aromatic rings. The van der Waals surface area contributed by atoms with Crippen LogP contribution in [0.2, 0.25) is 0 Å². The lowest BCUT2D eigenvalue weighted by molar-refractivity contribution is 0.111. The van der Waals surface area contributed by atoms with Gasteiger partial charge in [-0.3, -0.25) is 4.99 Å². The van der Waals surface area contributed by atoms with Gasteiger partial charge in [0.25, 0.3) is 0 Å². The van der Waals surface area contributed by atoms with E-state index < -0.39 is 0 Å². The van der Waals surface area contributed by atoms with Crippen LogP contribution in [0.3, 0.4) is 0 Å². The summed E-state index contributed by atoms with van der Waals surface area (Å²) in [5, 5.41) is 7.49. The van der Waals surface area contributed by atoms with Gasteiger partial charge in [-0.1, -0.05) is 30.3 Å². The van der Waals surface area contributed by atoms with Gasteiger partial charge in [0.1, 0.15) is 6.10 Å². The van der Waals surface area contributed by atoms with Gasteiger partial charge >= 0.3 is 0 Å². The smallest absolute Gasteiger partial charge is 0.191 e. The molecular formula is C17H27N3OS. The van der Waals surface area contributed by atoms with E-state index in [2.05, 4.69) is 46.4 Å². The van der Waals surface area contributed by atoms with Gasteiger partial charge in [0.2, 0.25) is 0 Å². The highest BCUT2D eigenvalue weighted by Crippen LogP contribution is 2.25. The molecular weight excluding hydrogens is 294 g/mol. The number of thioether (sulfide) groups is 1. The van der Waals surface area contributed by atoms with Crippen LogP contribution in [0, 0.1) is 0 Å². The number of aliphatic imine (C=N–C) groups is 1. The van der Waals surface area contributed by atoms with Crippen molar-refractivity contribution in [3.63, 3.8) is 0 Å². The summed E-state index contributed by atoms with van der Waals surface area (Å²) in [6, 6.07) is 10.3. The van der Waals surface area contributed by atoms with Gasteiger partial charge in [-0.15, -0.1) is 0 Å². The van der Waals surface area contributed by atoms with E-state index in [1.54, 1.807) is 7.11 Å². The van der Waals surface area contributed by atoms with E-state index in [9.17, 15) is 0 Å². The monoisotopic (exact) mass is 321 g/mol. The number of ether oxygens (including phenoxy) is 1. The molecule has 2 unspecified atom stereocenters. The third kappa shape index (κ3) is 5.54. The van der Waals surface area contributed by atoms with Gasteiger partial charge in [0.15, 0.2) is 5.96 Å². The fraction of sp³-hybridized carbons (Fsp3) is 0.588. The molecule has 0 aromatic heterocycles. The predicted molar refractivity (Wildman–Crippen MR) is 95.7 cm³/mol. The molecule has 0 saturated carbocycles. The van der Waals surface area contributed by atoms with Crippen LogP contribution in [-0.4, -0.2) is 43.7 Å². The summed E-state index contributed by atoms with van der Waals surface area (Å²) in [6.45, 7) is 4.56. The molecule has 2 atom stereocenters. The predicted octanol–water partition coefficient (Wildman–Crippen LogP) is 2.82. The third-order valence-corrected chi connectivity index (χ3v) is 5.13. The van der Waals surface area contributed by atoms with E-state index in [1.807, 2.05) is 18.2 Å². The molecule has 0 aliphatic carbocycles. The summed E-state index contributed by atoms with van der Waals surface area (Å²) in [5.41, 5.74) is 1.16. The standard InChI is InChI=1S/C17H27N3OS/c1-3-18-17(19-12-15-10-7-11-22-15)20-13-16(21-2)14-8-5-4-6-9-14/h4-6,8-9,15-16H,3,7,10-13H2,1-2H3,(H2,18,19,20). The van der Waals surface area contributed by atoms with Crippen LogP contribution in [-0.2, 0) is 4.74 Å². The van der Waals surface area contributed by atoms with Crippen LogP contribution in [0.25, 0.3) is 0 Å². The average molecular weight is 321 g/mol. The highest BCUT2D eigenvalue weighted by Gasteiger charge is 2.16. The Hall–Kier alpha value is -1.20. The molecule has 5 heteroatoms. The summed E-state index contributed by atoms with van der Waals surface area (Å²) < 4.78 is 5.58. The lowest BCUT2D eigenvalue weighted by Crippen LogP contribution is -2.40. The number of rotatable bonds is 7. The fourth-order valence-corrected chi connectivity index (χ4v) is 3.72. The topological polar surface area (TPSA) is 45.7 Å². The van der Waals surface area contributed by atoms with Crippen molar-refractivity contribution in [3.05, 3.63) is 35.9 Å². The van der Waals surface area contributed by atoms with E-state index in [0.717, 1.165) is 29.9 Å². The minimum absolute atomic E-state index is 0.00230. The van der Waals surface area contributed by atoms with Crippen molar-refractivity contribution in [2.24, 2.45) is 4.99 Å². The lowest BCUT2D eigenvalue weighted by Gasteiger charge is -2.17. The molecule has 122 valence electrons. The Labute approximate surface area is 138 Å². The Bertz CT molecular complexity index is 446. The number of methoxy groups -OCH3 is 1. The summed E-state index contributed by atoms with van der Waals surface area (Å²) in [4.78, 5) is 4.68.